The first-order valence-corrected chi connectivity index (χ1v) is 12.3. The summed E-state index contributed by atoms with van der Waals surface area (Å²) in [6.45, 7) is 10.5. The first-order chi connectivity index (χ1) is 12.6. The average molecular weight is 368 g/mol. The summed E-state index contributed by atoms with van der Waals surface area (Å²) >= 11 is 0. The van der Waals surface area contributed by atoms with Gasteiger partial charge >= 0.3 is 0 Å². The first-order valence-electron chi connectivity index (χ1n) is 12.3. The molecule has 26 heavy (non-hydrogen) atoms. The molecule has 0 fully saturated rings. The highest BCUT2D eigenvalue weighted by molar-refractivity contribution is 4.79. The predicted molar refractivity (Wildman–Crippen MR) is 121 cm³/mol. The monoisotopic (exact) mass is 367 g/mol. The molecule has 0 spiro atoms. The van der Waals surface area contributed by atoms with E-state index >= 15 is 0 Å². The van der Waals surface area contributed by atoms with Crippen molar-refractivity contribution in [2.45, 2.75) is 143 Å². The fourth-order valence-electron chi connectivity index (χ4n) is 4.38. The quantitative estimate of drug-likeness (QED) is 0.214. The Morgan fingerprint density at radius 3 is 1.50 bits per heavy atom. The second-order valence-corrected chi connectivity index (χ2v) is 9.40. The van der Waals surface area contributed by atoms with E-state index in [1.54, 1.807) is 0 Å². The van der Waals surface area contributed by atoms with Gasteiger partial charge in [0, 0.05) is 0 Å². The third-order valence-corrected chi connectivity index (χ3v) is 6.44. The zero-order valence-electron chi connectivity index (χ0n) is 19.1. The Balaban J connectivity index is 4.01. The van der Waals surface area contributed by atoms with Crippen LogP contribution in [0.3, 0.4) is 0 Å². The molecule has 0 bridgehead atoms. The second kappa shape index (κ2) is 18.3. The summed E-state index contributed by atoms with van der Waals surface area (Å²) < 4.78 is 0. The summed E-state index contributed by atoms with van der Waals surface area (Å²) in [5.41, 5.74) is 6.32. The van der Waals surface area contributed by atoms with Crippen molar-refractivity contribution >= 4 is 0 Å². The summed E-state index contributed by atoms with van der Waals surface area (Å²) in [5, 5.41) is 0. The molecule has 0 saturated heterocycles. The molecule has 1 atom stereocenters. The highest BCUT2D eigenvalue weighted by Gasteiger charge is 2.27. The lowest BCUT2D eigenvalue weighted by molar-refractivity contribution is 0.160. The standard InChI is InChI=1S/C25H53N/c1-5-7-9-11-13-14-16-18-22-25(3,4)24(21-19-23-26)20-17-15-12-10-8-6-2/h24H,5-23,26H2,1-4H3. The van der Waals surface area contributed by atoms with Crippen LogP contribution in [0.4, 0.5) is 0 Å². The molecule has 0 radical (unpaired) electrons. The molecule has 158 valence electrons. The van der Waals surface area contributed by atoms with Gasteiger partial charge in [0.15, 0.2) is 0 Å². The smallest absolute Gasteiger partial charge is 0.00772 e. The van der Waals surface area contributed by atoms with E-state index < -0.39 is 0 Å². The van der Waals surface area contributed by atoms with Gasteiger partial charge in [0.25, 0.3) is 0 Å². The van der Waals surface area contributed by atoms with Crippen molar-refractivity contribution in [3.8, 4) is 0 Å². The molecular formula is C25H53N. The van der Waals surface area contributed by atoms with Crippen LogP contribution in [-0.2, 0) is 0 Å². The van der Waals surface area contributed by atoms with Gasteiger partial charge in [-0.2, -0.15) is 0 Å². The van der Waals surface area contributed by atoms with Gasteiger partial charge in [-0.3, -0.25) is 0 Å². The maximum absolute atomic E-state index is 5.82. The van der Waals surface area contributed by atoms with E-state index in [2.05, 4.69) is 27.7 Å². The molecule has 0 aromatic rings. The number of rotatable bonds is 20. The molecule has 0 aliphatic carbocycles. The van der Waals surface area contributed by atoms with Crippen molar-refractivity contribution in [3.05, 3.63) is 0 Å². The maximum atomic E-state index is 5.82. The summed E-state index contributed by atoms with van der Waals surface area (Å²) in [4.78, 5) is 0. The fourth-order valence-corrected chi connectivity index (χ4v) is 4.38. The van der Waals surface area contributed by atoms with E-state index in [9.17, 15) is 0 Å². The Bertz CT molecular complexity index is 271. The lowest BCUT2D eigenvalue weighted by atomic mass is 9.71. The Morgan fingerprint density at radius 1 is 0.577 bits per heavy atom. The van der Waals surface area contributed by atoms with Crippen LogP contribution in [0.5, 0.6) is 0 Å². The van der Waals surface area contributed by atoms with Crippen LogP contribution in [0.2, 0.25) is 0 Å². The van der Waals surface area contributed by atoms with Gasteiger partial charge in [-0.15, -0.1) is 0 Å². The Morgan fingerprint density at radius 2 is 1.00 bits per heavy atom. The molecule has 0 aliphatic rings. The normalized spacial score (nSPS) is 13.3. The molecule has 1 heteroatoms. The highest BCUT2D eigenvalue weighted by Crippen LogP contribution is 2.39. The first kappa shape index (κ1) is 26.0. The molecule has 0 heterocycles. The third kappa shape index (κ3) is 15.1. The van der Waals surface area contributed by atoms with Crippen LogP contribution in [-0.4, -0.2) is 6.54 Å². The molecule has 0 aromatic carbocycles. The predicted octanol–water partition coefficient (Wildman–Crippen LogP) is 8.65. The van der Waals surface area contributed by atoms with E-state index in [1.807, 2.05) is 0 Å². The minimum absolute atomic E-state index is 0.501. The Kier molecular flexibility index (Phi) is 18.3. The molecule has 0 aromatic heterocycles. The van der Waals surface area contributed by atoms with Crippen molar-refractivity contribution < 1.29 is 0 Å². The maximum Gasteiger partial charge on any atom is -0.00772 e. The van der Waals surface area contributed by atoms with Crippen molar-refractivity contribution in [3.63, 3.8) is 0 Å². The Hall–Kier alpha value is -0.0400. The zero-order valence-corrected chi connectivity index (χ0v) is 19.1. The van der Waals surface area contributed by atoms with Crippen molar-refractivity contribution in [2.24, 2.45) is 17.1 Å². The van der Waals surface area contributed by atoms with Crippen LogP contribution in [0.15, 0.2) is 0 Å². The van der Waals surface area contributed by atoms with Crippen LogP contribution in [0, 0.1) is 11.3 Å². The molecule has 0 saturated carbocycles. The third-order valence-electron chi connectivity index (χ3n) is 6.44. The van der Waals surface area contributed by atoms with E-state index in [-0.39, 0.29) is 0 Å². The summed E-state index contributed by atoms with van der Waals surface area (Å²) in [6, 6.07) is 0. The van der Waals surface area contributed by atoms with E-state index in [1.165, 1.54) is 116 Å². The summed E-state index contributed by atoms with van der Waals surface area (Å²) in [7, 11) is 0. The second-order valence-electron chi connectivity index (χ2n) is 9.40. The van der Waals surface area contributed by atoms with Gasteiger partial charge < -0.3 is 5.73 Å². The largest absolute Gasteiger partial charge is 0.330 e. The molecule has 0 rings (SSSR count). The van der Waals surface area contributed by atoms with Gasteiger partial charge in [0.05, 0.1) is 0 Å². The minimum atomic E-state index is 0.501. The van der Waals surface area contributed by atoms with E-state index in [0.29, 0.717) is 5.41 Å². The number of hydrogen-bond acceptors (Lipinski definition) is 1. The van der Waals surface area contributed by atoms with Crippen LogP contribution < -0.4 is 5.73 Å². The fraction of sp³-hybridized carbons (Fsp3) is 1.00. The van der Waals surface area contributed by atoms with Crippen molar-refractivity contribution in [2.75, 3.05) is 6.54 Å². The number of hydrogen-bond donors (Lipinski definition) is 1. The number of unbranched alkanes of at least 4 members (excludes halogenated alkanes) is 12. The Labute approximate surface area is 167 Å². The average Bonchev–Trinajstić information content (AvgIpc) is 2.62. The molecular weight excluding hydrogens is 314 g/mol. The lowest BCUT2D eigenvalue weighted by Gasteiger charge is -2.35. The summed E-state index contributed by atoms with van der Waals surface area (Å²) in [6.07, 6.45) is 25.4. The van der Waals surface area contributed by atoms with Gasteiger partial charge in [-0.05, 0) is 43.6 Å². The summed E-state index contributed by atoms with van der Waals surface area (Å²) in [5.74, 6) is 0.877. The van der Waals surface area contributed by atoms with Crippen molar-refractivity contribution in [1.29, 1.82) is 0 Å². The zero-order chi connectivity index (χ0) is 19.5. The molecule has 2 N–H and O–H groups in total. The SMILES string of the molecule is CCCCCCCCCCC(C)(C)C(CCCN)CCCCCCCC. The molecule has 1 nitrogen and oxygen atoms in total. The lowest BCUT2D eigenvalue weighted by Crippen LogP contribution is -2.25. The van der Waals surface area contributed by atoms with Crippen molar-refractivity contribution in [1.82, 2.24) is 0 Å². The topological polar surface area (TPSA) is 26.0 Å². The molecule has 1 unspecified atom stereocenters. The van der Waals surface area contributed by atoms with Crippen LogP contribution >= 0.6 is 0 Å². The molecule has 0 amide bonds. The van der Waals surface area contributed by atoms with Crippen LogP contribution in [0.1, 0.15) is 143 Å². The van der Waals surface area contributed by atoms with Gasteiger partial charge in [0.2, 0.25) is 0 Å². The van der Waals surface area contributed by atoms with Crippen LogP contribution in [0.25, 0.3) is 0 Å². The van der Waals surface area contributed by atoms with E-state index in [0.717, 1.165) is 12.5 Å². The van der Waals surface area contributed by atoms with Gasteiger partial charge in [0.1, 0.15) is 0 Å². The highest BCUT2D eigenvalue weighted by atomic mass is 14.5. The minimum Gasteiger partial charge on any atom is -0.330 e. The van der Waals surface area contributed by atoms with Gasteiger partial charge in [-0.1, -0.05) is 118 Å². The molecule has 0 aliphatic heterocycles. The van der Waals surface area contributed by atoms with E-state index in [4.69, 9.17) is 5.73 Å². The number of nitrogens with two attached hydrogens (primary N) is 1. The van der Waals surface area contributed by atoms with Gasteiger partial charge in [-0.25, -0.2) is 0 Å².